The number of benzene rings is 3. The van der Waals surface area contributed by atoms with Crippen LogP contribution in [0.3, 0.4) is 0 Å². The van der Waals surface area contributed by atoms with Gasteiger partial charge in [-0.25, -0.2) is 8.42 Å². The highest BCUT2D eigenvalue weighted by Gasteiger charge is 2.35. The van der Waals surface area contributed by atoms with Crippen molar-refractivity contribution >= 4 is 38.7 Å². The summed E-state index contributed by atoms with van der Waals surface area (Å²) in [6.07, 6.45) is 0. The number of aliphatic imine (C=N–C) groups is 1. The molecule has 1 N–H and O–H groups in total. The highest BCUT2D eigenvalue weighted by Crippen LogP contribution is 2.36. The Kier molecular flexibility index (Phi) is 6.81. The standard InChI is InChI=1S/C26H28N4O3S/c1-29(2)17-18-34(32,33)30(3)21-15-13-20(14-16-21)27-25(19-9-5-4-6-10-19)24-22-11-7-8-12-23(22)28-26(24)31/h4-16,24H,17-18H2,1-3H3,(H,28,31). The maximum Gasteiger partial charge on any atom is 0.238 e. The third-order valence-corrected chi connectivity index (χ3v) is 7.56. The van der Waals surface area contributed by atoms with Gasteiger partial charge in [-0.05, 0) is 55.6 Å². The van der Waals surface area contributed by atoms with Crippen LogP contribution in [0.5, 0.6) is 0 Å². The summed E-state index contributed by atoms with van der Waals surface area (Å²) in [7, 11) is 1.80. The van der Waals surface area contributed by atoms with Gasteiger partial charge in [0.15, 0.2) is 0 Å². The van der Waals surface area contributed by atoms with Crippen molar-refractivity contribution in [3.8, 4) is 0 Å². The van der Waals surface area contributed by atoms with Crippen LogP contribution in [-0.4, -0.2) is 58.4 Å². The fourth-order valence-electron chi connectivity index (χ4n) is 3.86. The van der Waals surface area contributed by atoms with Gasteiger partial charge in [0, 0.05) is 19.3 Å². The monoisotopic (exact) mass is 476 g/mol. The van der Waals surface area contributed by atoms with Crippen LogP contribution in [0.2, 0.25) is 0 Å². The first-order valence-corrected chi connectivity index (χ1v) is 12.6. The van der Waals surface area contributed by atoms with E-state index in [1.807, 2.05) is 73.6 Å². The number of anilines is 2. The molecule has 4 rings (SSSR count). The molecule has 1 heterocycles. The molecule has 0 aliphatic carbocycles. The first kappa shape index (κ1) is 23.7. The van der Waals surface area contributed by atoms with Crippen LogP contribution in [0, 0.1) is 0 Å². The zero-order valence-electron chi connectivity index (χ0n) is 19.5. The van der Waals surface area contributed by atoms with E-state index in [1.54, 1.807) is 31.3 Å². The summed E-state index contributed by atoms with van der Waals surface area (Å²) in [4.78, 5) is 19.6. The third-order valence-electron chi connectivity index (χ3n) is 5.81. The molecule has 1 amide bonds. The summed E-state index contributed by atoms with van der Waals surface area (Å²) in [6, 6.07) is 24.3. The number of amides is 1. The summed E-state index contributed by atoms with van der Waals surface area (Å²) in [5.74, 6) is -0.621. The lowest BCUT2D eigenvalue weighted by molar-refractivity contribution is -0.115. The molecule has 0 bridgehead atoms. The maximum absolute atomic E-state index is 12.9. The third kappa shape index (κ3) is 5.03. The summed E-state index contributed by atoms with van der Waals surface area (Å²) in [5.41, 5.74) is 4.37. The average Bonchev–Trinajstić information content (AvgIpc) is 3.17. The predicted octanol–water partition coefficient (Wildman–Crippen LogP) is 3.87. The van der Waals surface area contributed by atoms with Crippen LogP contribution in [-0.2, 0) is 14.8 Å². The Hall–Kier alpha value is -3.49. The Balaban J connectivity index is 1.68. The second kappa shape index (κ2) is 9.79. The first-order valence-electron chi connectivity index (χ1n) is 11.0. The molecule has 0 aromatic heterocycles. The van der Waals surface area contributed by atoms with Crippen LogP contribution in [0.15, 0.2) is 83.9 Å². The molecule has 3 aromatic carbocycles. The summed E-state index contributed by atoms with van der Waals surface area (Å²) in [5, 5.41) is 2.95. The predicted molar refractivity (Wildman–Crippen MR) is 138 cm³/mol. The zero-order valence-corrected chi connectivity index (χ0v) is 20.3. The minimum Gasteiger partial charge on any atom is -0.325 e. The van der Waals surface area contributed by atoms with Crippen molar-refractivity contribution in [1.29, 1.82) is 0 Å². The van der Waals surface area contributed by atoms with Gasteiger partial charge in [-0.2, -0.15) is 0 Å². The van der Waals surface area contributed by atoms with E-state index >= 15 is 0 Å². The highest BCUT2D eigenvalue weighted by molar-refractivity contribution is 7.92. The number of hydrogen-bond acceptors (Lipinski definition) is 5. The van der Waals surface area contributed by atoms with Gasteiger partial charge in [0.05, 0.1) is 22.8 Å². The van der Waals surface area contributed by atoms with E-state index in [4.69, 9.17) is 4.99 Å². The summed E-state index contributed by atoms with van der Waals surface area (Å²) >= 11 is 0. The molecule has 34 heavy (non-hydrogen) atoms. The number of carbonyl (C=O) groups is 1. The molecule has 1 atom stereocenters. The molecular formula is C26H28N4O3S. The molecule has 0 saturated heterocycles. The van der Waals surface area contributed by atoms with E-state index in [2.05, 4.69) is 5.32 Å². The van der Waals surface area contributed by atoms with E-state index in [-0.39, 0.29) is 11.7 Å². The Labute approximate surface area is 200 Å². The molecule has 0 fully saturated rings. The lowest BCUT2D eigenvalue weighted by Gasteiger charge is -2.21. The van der Waals surface area contributed by atoms with Crippen LogP contribution >= 0.6 is 0 Å². The van der Waals surface area contributed by atoms with Gasteiger partial charge < -0.3 is 10.2 Å². The van der Waals surface area contributed by atoms with Crippen molar-refractivity contribution < 1.29 is 13.2 Å². The Morgan fingerprint density at radius 1 is 0.912 bits per heavy atom. The van der Waals surface area contributed by atoms with E-state index < -0.39 is 15.9 Å². The number of nitrogens with one attached hydrogen (secondary N) is 1. The second-order valence-electron chi connectivity index (χ2n) is 8.48. The van der Waals surface area contributed by atoms with Gasteiger partial charge in [0.2, 0.25) is 15.9 Å². The van der Waals surface area contributed by atoms with Crippen molar-refractivity contribution in [2.75, 3.05) is 43.1 Å². The average molecular weight is 477 g/mol. The SMILES string of the molecule is CN(C)CCS(=O)(=O)N(C)c1ccc(N=C(c2ccccc2)C2C(=O)Nc3ccccc32)cc1. The highest BCUT2D eigenvalue weighted by atomic mass is 32.2. The molecule has 1 aliphatic heterocycles. The molecule has 176 valence electrons. The number of sulfonamides is 1. The van der Waals surface area contributed by atoms with Gasteiger partial charge >= 0.3 is 0 Å². The van der Waals surface area contributed by atoms with Crippen LogP contribution in [0.1, 0.15) is 17.0 Å². The van der Waals surface area contributed by atoms with Gasteiger partial charge in [0.1, 0.15) is 5.92 Å². The normalized spacial score (nSPS) is 15.8. The Morgan fingerprint density at radius 2 is 1.56 bits per heavy atom. The van der Waals surface area contributed by atoms with E-state index in [0.717, 1.165) is 16.8 Å². The topological polar surface area (TPSA) is 82.1 Å². The first-order chi connectivity index (χ1) is 16.3. The molecule has 0 saturated carbocycles. The molecule has 0 spiro atoms. The Morgan fingerprint density at radius 3 is 2.24 bits per heavy atom. The summed E-state index contributed by atoms with van der Waals surface area (Å²) in [6.45, 7) is 0.445. The number of carbonyl (C=O) groups excluding carboxylic acids is 1. The van der Waals surface area contributed by atoms with Crippen molar-refractivity contribution in [2.45, 2.75) is 5.92 Å². The van der Waals surface area contributed by atoms with Gasteiger partial charge in [0.25, 0.3) is 0 Å². The lowest BCUT2D eigenvalue weighted by Crippen LogP contribution is -2.33. The Bertz CT molecular complexity index is 1300. The second-order valence-corrected chi connectivity index (χ2v) is 10.6. The minimum atomic E-state index is -3.44. The molecule has 0 radical (unpaired) electrons. The molecule has 1 unspecified atom stereocenters. The lowest BCUT2D eigenvalue weighted by atomic mass is 9.90. The van der Waals surface area contributed by atoms with Crippen LogP contribution in [0.4, 0.5) is 17.1 Å². The number of fused-ring (bicyclic) bond motifs is 1. The van der Waals surface area contributed by atoms with Crippen molar-refractivity contribution in [3.05, 3.63) is 90.0 Å². The fraction of sp³-hybridized carbons (Fsp3) is 0.231. The fourth-order valence-corrected chi connectivity index (χ4v) is 5.17. The smallest absolute Gasteiger partial charge is 0.238 e. The maximum atomic E-state index is 12.9. The van der Waals surface area contributed by atoms with Crippen molar-refractivity contribution in [3.63, 3.8) is 0 Å². The molecular weight excluding hydrogens is 448 g/mol. The summed E-state index contributed by atoms with van der Waals surface area (Å²) < 4.78 is 26.6. The van der Waals surface area contributed by atoms with Crippen molar-refractivity contribution in [2.24, 2.45) is 4.99 Å². The van der Waals surface area contributed by atoms with Gasteiger partial charge in [-0.15, -0.1) is 0 Å². The quantitative estimate of drug-likeness (QED) is 0.501. The minimum absolute atomic E-state index is 0.0325. The number of hydrogen-bond donors (Lipinski definition) is 1. The van der Waals surface area contributed by atoms with Gasteiger partial charge in [-0.3, -0.25) is 14.1 Å². The zero-order chi connectivity index (χ0) is 24.3. The van der Waals surface area contributed by atoms with E-state index in [1.165, 1.54) is 4.31 Å². The van der Waals surface area contributed by atoms with Gasteiger partial charge in [-0.1, -0.05) is 48.5 Å². The number of nitrogens with zero attached hydrogens (tertiary/aromatic N) is 3. The number of para-hydroxylation sites is 1. The van der Waals surface area contributed by atoms with Crippen LogP contribution < -0.4 is 9.62 Å². The van der Waals surface area contributed by atoms with Crippen molar-refractivity contribution in [1.82, 2.24) is 4.90 Å². The van der Waals surface area contributed by atoms with Crippen LogP contribution in [0.25, 0.3) is 0 Å². The van der Waals surface area contributed by atoms with E-state index in [9.17, 15) is 13.2 Å². The molecule has 8 heteroatoms. The largest absolute Gasteiger partial charge is 0.325 e. The van der Waals surface area contributed by atoms with E-state index in [0.29, 0.717) is 23.6 Å². The number of rotatable bonds is 8. The molecule has 3 aromatic rings. The molecule has 7 nitrogen and oxygen atoms in total. The molecule has 1 aliphatic rings.